The molecule has 3 rings (SSSR count). The summed E-state index contributed by atoms with van der Waals surface area (Å²) in [5, 5.41) is 38.2. The average Bonchev–Trinajstić information content (AvgIpc) is 2.77. The summed E-state index contributed by atoms with van der Waals surface area (Å²) in [6, 6.07) is 6.76. The molecule has 0 bridgehead atoms. The Labute approximate surface area is 123 Å². The smallest absolute Gasteiger partial charge is 0.204 e. The van der Waals surface area contributed by atoms with Gasteiger partial charge >= 0.3 is 0 Å². The highest BCUT2D eigenvalue weighted by molar-refractivity contribution is 8.05. The highest BCUT2D eigenvalue weighted by Crippen LogP contribution is 2.48. The van der Waals surface area contributed by atoms with Crippen molar-refractivity contribution in [1.82, 2.24) is 0 Å². The first-order valence-electron chi connectivity index (χ1n) is 5.98. The van der Waals surface area contributed by atoms with Crippen molar-refractivity contribution in [2.24, 2.45) is 0 Å². The number of rotatable bonds is 1. The van der Waals surface area contributed by atoms with E-state index >= 15 is 0 Å². The van der Waals surface area contributed by atoms with Crippen LogP contribution in [0.25, 0.3) is 6.08 Å². The van der Waals surface area contributed by atoms with Gasteiger partial charge in [0.25, 0.3) is 0 Å². The van der Waals surface area contributed by atoms with Crippen LogP contribution in [0.2, 0.25) is 0 Å². The number of carbonyl (C=O) groups is 1. The van der Waals surface area contributed by atoms with Crippen molar-refractivity contribution in [2.45, 2.75) is 4.90 Å². The fourth-order valence-electron chi connectivity index (χ4n) is 2.04. The third kappa shape index (κ3) is 2.19. The molecule has 2 aromatic rings. The summed E-state index contributed by atoms with van der Waals surface area (Å²) in [5.74, 6) is -1.18. The molecule has 106 valence electrons. The van der Waals surface area contributed by atoms with Gasteiger partial charge in [-0.1, -0.05) is 17.8 Å². The van der Waals surface area contributed by atoms with Crippen LogP contribution in [0.15, 0.2) is 40.1 Å². The topological polar surface area (TPSA) is 98.0 Å². The quantitative estimate of drug-likeness (QED) is 0.367. The molecule has 0 fully saturated rings. The third-order valence-corrected chi connectivity index (χ3v) is 4.22. The van der Waals surface area contributed by atoms with E-state index in [1.807, 2.05) is 0 Å². The number of fused-ring (bicyclic) bond motifs is 1. The van der Waals surface area contributed by atoms with Gasteiger partial charge in [-0.3, -0.25) is 4.79 Å². The number of phenolic OH excluding ortho intramolecular Hbond substituents is 4. The van der Waals surface area contributed by atoms with Crippen molar-refractivity contribution < 1.29 is 25.2 Å². The van der Waals surface area contributed by atoms with Crippen LogP contribution in [0.1, 0.15) is 15.9 Å². The zero-order chi connectivity index (χ0) is 15.1. The van der Waals surface area contributed by atoms with Crippen LogP contribution < -0.4 is 0 Å². The highest BCUT2D eigenvalue weighted by Gasteiger charge is 2.31. The zero-order valence-electron chi connectivity index (χ0n) is 10.6. The van der Waals surface area contributed by atoms with E-state index in [0.29, 0.717) is 15.4 Å². The summed E-state index contributed by atoms with van der Waals surface area (Å²) in [6.45, 7) is 0. The molecule has 21 heavy (non-hydrogen) atoms. The first-order chi connectivity index (χ1) is 9.97. The molecule has 0 aromatic heterocycles. The van der Waals surface area contributed by atoms with Gasteiger partial charge in [-0.15, -0.1) is 0 Å². The van der Waals surface area contributed by atoms with Gasteiger partial charge in [0.1, 0.15) is 11.5 Å². The molecule has 5 nitrogen and oxygen atoms in total. The second kappa shape index (κ2) is 4.75. The fraction of sp³-hybridized carbons (Fsp3) is 0. The lowest BCUT2D eigenvalue weighted by Crippen LogP contribution is -1.94. The minimum atomic E-state index is -0.393. The summed E-state index contributed by atoms with van der Waals surface area (Å²) in [5.41, 5.74) is 0.599. The maximum atomic E-state index is 12.3. The van der Waals surface area contributed by atoms with Crippen LogP contribution in [0.4, 0.5) is 0 Å². The molecular weight excluding hydrogens is 292 g/mol. The molecule has 1 aliphatic rings. The van der Waals surface area contributed by atoms with E-state index in [0.717, 1.165) is 11.8 Å². The van der Waals surface area contributed by atoms with Gasteiger partial charge in [0.2, 0.25) is 5.78 Å². The highest BCUT2D eigenvalue weighted by atomic mass is 32.2. The molecule has 0 radical (unpaired) electrons. The molecular formula is C15H10O5S. The predicted molar refractivity (Wildman–Crippen MR) is 77.7 cm³/mol. The van der Waals surface area contributed by atoms with Crippen molar-refractivity contribution in [3.8, 4) is 23.0 Å². The Balaban J connectivity index is 2.05. The Hall–Kier alpha value is -2.60. The zero-order valence-corrected chi connectivity index (χ0v) is 11.4. The Morgan fingerprint density at radius 2 is 1.52 bits per heavy atom. The average molecular weight is 302 g/mol. The van der Waals surface area contributed by atoms with Gasteiger partial charge in [0.05, 0.1) is 15.4 Å². The molecule has 0 saturated carbocycles. The molecule has 0 spiro atoms. The summed E-state index contributed by atoms with van der Waals surface area (Å²) < 4.78 is 0. The lowest BCUT2D eigenvalue weighted by molar-refractivity contribution is 0.104. The van der Waals surface area contributed by atoms with Gasteiger partial charge in [0, 0.05) is 0 Å². The van der Waals surface area contributed by atoms with E-state index in [4.69, 9.17) is 0 Å². The van der Waals surface area contributed by atoms with Crippen molar-refractivity contribution in [3.05, 3.63) is 46.4 Å². The number of benzene rings is 2. The number of phenols is 4. The number of hydrogen-bond acceptors (Lipinski definition) is 6. The maximum Gasteiger partial charge on any atom is 0.204 e. The van der Waals surface area contributed by atoms with Crippen molar-refractivity contribution in [1.29, 1.82) is 0 Å². The van der Waals surface area contributed by atoms with Crippen molar-refractivity contribution in [2.75, 3.05) is 0 Å². The number of Topliss-reactive ketones (excluding diaryl/α,β-unsaturated/α-hetero) is 1. The first kappa shape index (κ1) is 13.4. The molecule has 1 heterocycles. The molecule has 0 amide bonds. The van der Waals surface area contributed by atoms with Crippen LogP contribution in [0.3, 0.4) is 0 Å². The van der Waals surface area contributed by atoms with Crippen LogP contribution in [-0.4, -0.2) is 26.2 Å². The molecule has 0 aliphatic carbocycles. The second-order valence-corrected chi connectivity index (χ2v) is 5.55. The Morgan fingerprint density at radius 1 is 0.857 bits per heavy atom. The van der Waals surface area contributed by atoms with Crippen molar-refractivity contribution >= 4 is 23.6 Å². The number of carbonyl (C=O) groups excluding carboxylic acids is 1. The lowest BCUT2D eigenvalue weighted by atomic mass is 10.1. The van der Waals surface area contributed by atoms with E-state index in [2.05, 4.69) is 0 Å². The van der Waals surface area contributed by atoms with Crippen molar-refractivity contribution in [3.63, 3.8) is 0 Å². The number of aromatic hydroxyl groups is 4. The Bertz CT molecular complexity index is 795. The van der Waals surface area contributed by atoms with Gasteiger partial charge in [0.15, 0.2) is 11.5 Å². The van der Waals surface area contributed by atoms with Crippen LogP contribution in [0, 0.1) is 0 Å². The molecule has 4 N–H and O–H groups in total. The molecule has 0 saturated heterocycles. The Morgan fingerprint density at radius 3 is 2.19 bits per heavy atom. The Kier molecular flexibility index (Phi) is 3.03. The van der Waals surface area contributed by atoms with Gasteiger partial charge in [-0.05, 0) is 35.9 Å². The molecule has 0 atom stereocenters. The summed E-state index contributed by atoms with van der Waals surface area (Å²) >= 11 is 1.05. The minimum absolute atomic E-state index is 0.0712. The molecule has 1 aliphatic heterocycles. The second-order valence-electron chi connectivity index (χ2n) is 4.50. The normalized spacial score (nSPS) is 15.4. The SMILES string of the molecule is O=C1/C(=C/c2ccc(O)c(O)c2)Sc2c(O)ccc(O)c21. The standard InChI is InChI=1S/C15H10O5S/c16-8-2-1-7(5-11(8)19)6-12-14(20)13-9(17)3-4-10(18)15(13)21-12/h1-6,16-19H/b12-6-. The van der Waals surface area contributed by atoms with E-state index in [-0.39, 0.29) is 28.6 Å². The van der Waals surface area contributed by atoms with E-state index < -0.39 is 5.78 Å². The van der Waals surface area contributed by atoms with E-state index in [1.54, 1.807) is 6.07 Å². The number of hydrogen-bond donors (Lipinski definition) is 4. The molecule has 6 heteroatoms. The van der Waals surface area contributed by atoms with Crippen LogP contribution >= 0.6 is 11.8 Å². The fourth-order valence-corrected chi connectivity index (χ4v) is 3.12. The van der Waals surface area contributed by atoms with Crippen LogP contribution in [-0.2, 0) is 0 Å². The monoisotopic (exact) mass is 302 g/mol. The van der Waals surface area contributed by atoms with E-state index in [9.17, 15) is 25.2 Å². The molecule has 2 aromatic carbocycles. The lowest BCUT2D eigenvalue weighted by Gasteiger charge is -2.00. The summed E-state index contributed by atoms with van der Waals surface area (Å²) in [4.78, 5) is 12.9. The van der Waals surface area contributed by atoms with Gasteiger partial charge in [-0.25, -0.2) is 0 Å². The van der Waals surface area contributed by atoms with Gasteiger partial charge in [-0.2, -0.15) is 0 Å². The predicted octanol–water partition coefficient (Wildman–Crippen LogP) is 2.84. The number of allylic oxidation sites excluding steroid dienone is 1. The van der Waals surface area contributed by atoms with Gasteiger partial charge < -0.3 is 20.4 Å². The number of ketones is 1. The van der Waals surface area contributed by atoms with E-state index in [1.165, 1.54) is 30.3 Å². The van der Waals surface area contributed by atoms with Crippen LogP contribution in [0.5, 0.6) is 23.0 Å². The molecule has 0 unspecified atom stereocenters. The minimum Gasteiger partial charge on any atom is -0.507 e. The summed E-state index contributed by atoms with van der Waals surface area (Å²) in [7, 11) is 0. The number of thioether (sulfide) groups is 1. The summed E-state index contributed by atoms with van der Waals surface area (Å²) in [6.07, 6.45) is 1.52. The first-order valence-corrected chi connectivity index (χ1v) is 6.80. The third-order valence-electron chi connectivity index (χ3n) is 3.08. The largest absolute Gasteiger partial charge is 0.507 e. The maximum absolute atomic E-state index is 12.3.